The summed E-state index contributed by atoms with van der Waals surface area (Å²) in [6.45, 7) is 3.63. The minimum absolute atomic E-state index is 0.197. The van der Waals surface area contributed by atoms with Gasteiger partial charge in [0.1, 0.15) is 24.4 Å². The van der Waals surface area contributed by atoms with Crippen LogP contribution >= 0.6 is 0 Å². The first-order valence-electron chi connectivity index (χ1n) is 21.4. The van der Waals surface area contributed by atoms with Crippen LogP contribution in [0.5, 0.6) is 0 Å². The molecule has 0 aliphatic carbocycles. The molecule has 0 aromatic rings. The van der Waals surface area contributed by atoms with Crippen molar-refractivity contribution in [2.24, 2.45) is 0 Å². The van der Waals surface area contributed by atoms with Crippen LogP contribution in [0.25, 0.3) is 0 Å². The molecule has 53 heavy (non-hydrogen) atoms. The van der Waals surface area contributed by atoms with E-state index >= 15 is 0 Å². The van der Waals surface area contributed by atoms with Gasteiger partial charge >= 0.3 is 0 Å². The van der Waals surface area contributed by atoms with Crippen molar-refractivity contribution in [2.45, 2.75) is 211 Å². The number of unbranched alkanes of at least 4 members (excludes halogenated alkanes) is 18. The summed E-state index contributed by atoms with van der Waals surface area (Å²) in [5.74, 6) is -0.197. The van der Waals surface area contributed by atoms with Crippen molar-refractivity contribution in [1.29, 1.82) is 0 Å². The molecule has 0 spiro atoms. The number of carbonyl (C=O) groups is 1. The summed E-state index contributed by atoms with van der Waals surface area (Å²) in [7, 11) is 0. The van der Waals surface area contributed by atoms with Gasteiger partial charge in [0.2, 0.25) is 5.91 Å². The Balaban J connectivity index is 2.42. The second-order valence-electron chi connectivity index (χ2n) is 14.8. The molecule has 6 N–H and O–H groups in total. The molecule has 7 unspecified atom stereocenters. The van der Waals surface area contributed by atoms with Gasteiger partial charge in [-0.1, -0.05) is 159 Å². The number of hydrogen-bond donors (Lipinski definition) is 6. The predicted molar refractivity (Wildman–Crippen MR) is 216 cm³/mol. The average molecular weight is 750 g/mol. The van der Waals surface area contributed by atoms with E-state index in [-0.39, 0.29) is 12.5 Å². The van der Waals surface area contributed by atoms with Crippen molar-refractivity contribution in [3.8, 4) is 0 Å². The lowest BCUT2D eigenvalue weighted by Gasteiger charge is -2.40. The van der Waals surface area contributed by atoms with Crippen LogP contribution in [0.2, 0.25) is 0 Å². The molecule has 1 rings (SSSR count). The fraction of sp³-hybridized carbons (Fsp3) is 0.795. The number of amides is 1. The third-order valence-electron chi connectivity index (χ3n) is 9.91. The number of ether oxygens (including phenoxy) is 2. The number of aliphatic hydroxyl groups is 5. The molecule has 1 aliphatic heterocycles. The van der Waals surface area contributed by atoms with Gasteiger partial charge in [0.15, 0.2) is 6.29 Å². The summed E-state index contributed by atoms with van der Waals surface area (Å²) in [6, 6.07) is -0.813. The Morgan fingerprint density at radius 3 is 1.74 bits per heavy atom. The smallest absolute Gasteiger partial charge is 0.220 e. The fourth-order valence-electron chi connectivity index (χ4n) is 6.46. The second kappa shape index (κ2) is 34.6. The molecule has 9 heteroatoms. The zero-order valence-electron chi connectivity index (χ0n) is 33.5. The molecule has 308 valence electrons. The molecule has 1 aliphatic rings. The highest BCUT2D eigenvalue weighted by molar-refractivity contribution is 5.76. The average Bonchev–Trinajstić information content (AvgIpc) is 3.16. The van der Waals surface area contributed by atoms with Gasteiger partial charge < -0.3 is 40.3 Å². The van der Waals surface area contributed by atoms with Crippen LogP contribution in [0.3, 0.4) is 0 Å². The number of allylic oxidation sites excluding steroid dienone is 7. The first-order chi connectivity index (χ1) is 25.8. The quantitative estimate of drug-likeness (QED) is 0.0285. The molecule has 0 bridgehead atoms. The molecule has 1 fully saturated rings. The highest BCUT2D eigenvalue weighted by Crippen LogP contribution is 2.22. The van der Waals surface area contributed by atoms with E-state index in [1.54, 1.807) is 6.08 Å². The minimum atomic E-state index is -1.57. The van der Waals surface area contributed by atoms with Gasteiger partial charge in [0.25, 0.3) is 0 Å². The zero-order valence-corrected chi connectivity index (χ0v) is 33.5. The van der Waals surface area contributed by atoms with Crippen LogP contribution in [0.15, 0.2) is 48.6 Å². The Kier molecular flexibility index (Phi) is 32.1. The van der Waals surface area contributed by atoms with E-state index in [4.69, 9.17) is 9.47 Å². The van der Waals surface area contributed by atoms with Crippen molar-refractivity contribution < 1.29 is 39.8 Å². The Labute approximate surface area is 323 Å². The summed E-state index contributed by atoms with van der Waals surface area (Å²) in [4.78, 5) is 12.9. The lowest BCUT2D eigenvalue weighted by Crippen LogP contribution is -2.60. The number of carbonyl (C=O) groups excluding carboxylic acids is 1. The molecular weight excluding hydrogens is 670 g/mol. The lowest BCUT2D eigenvalue weighted by molar-refractivity contribution is -0.302. The van der Waals surface area contributed by atoms with Gasteiger partial charge in [-0.05, 0) is 51.4 Å². The maximum absolute atomic E-state index is 12.9. The molecule has 1 amide bonds. The van der Waals surface area contributed by atoms with Gasteiger partial charge in [-0.15, -0.1) is 0 Å². The topological polar surface area (TPSA) is 149 Å². The highest BCUT2D eigenvalue weighted by Gasteiger charge is 2.44. The number of nitrogens with one attached hydrogen (secondary N) is 1. The summed E-state index contributed by atoms with van der Waals surface area (Å²) in [5, 5.41) is 54.1. The van der Waals surface area contributed by atoms with E-state index < -0.39 is 49.5 Å². The third kappa shape index (κ3) is 25.8. The van der Waals surface area contributed by atoms with E-state index in [2.05, 4.69) is 55.6 Å². The Morgan fingerprint density at radius 1 is 0.660 bits per heavy atom. The maximum Gasteiger partial charge on any atom is 0.220 e. The highest BCUT2D eigenvalue weighted by atomic mass is 16.7. The summed E-state index contributed by atoms with van der Waals surface area (Å²) in [6.07, 6.45) is 35.7. The van der Waals surface area contributed by atoms with Crippen LogP contribution in [0, 0.1) is 0 Å². The van der Waals surface area contributed by atoms with E-state index in [0.717, 1.165) is 77.0 Å². The molecule has 1 saturated heterocycles. The first kappa shape index (κ1) is 49.2. The van der Waals surface area contributed by atoms with Crippen molar-refractivity contribution in [3.63, 3.8) is 0 Å². The Morgan fingerprint density at radius 2 is 1.17 bits per heavy atom. The summed E-state index contributed by atoms with van der Waals surface area (Å²) < 4.78 is 11.2. The first-order valence-corrected chi connectivity index (χ1v) is 21.4. The maximum atomic E-state index is 12.9. The van der Waals surface area contributed by atoms with Gasteiger partial charge in [-0.3, -0.25) is 4.79 Å². The fourth-order valence-corrected chi connectivity index (χ4v) is 6.46. The van der Waals surface area contributed by atoms with E-state index in [1.807, 2.05) is 6.08 Å². The lowest BCUT2D eigenvalue weighted by atomic mass is 9.99. The number of aliphatic hydroxyl groups excluding tert-OH is 5. The molecule has 0 aromatic heterocycles. The van der Waals surface area contributed by atoms with Crippen molar-refractivity contribution in [3.05, 3.63) is 48.6 Å². The van der Waals surface area contributed by atoms with Crippen molar-refractivity contribution in [2.75, 3.05) is 13.2 Å². The third-order valence-corrected chi connectivity index (χ3v) is 9.91. The van der Waals surface area contributed by atoms with Crippen LogP contribution in [-0.2, 0) is 14.3 Å². The van der Waals surface area contributed by atoms with Crippen LogP contribution in [-0.4, -0.2) is 87.5 Å². The second-order valence-corrected chi connectivity index (χ2v) is 14.8. The van der Waals surface area contributed by atoms with Crippen molar-refractivity contribution >= 4 is 5.91 Å². The van der Waals surface area contributed by atoms with Gasteiger partial charge in [0.05, 0.1) is 25.4 Å². The molecule has 0 aromatic carbocycles. The summed E-state index contributed by atoms with van der Waals surface area (Å²) in [5.41, 5.74) is 0. The zero-order chi connectivity index (χ0) is 38.8. The Hall–Kier alpha value is -1.85. The molecule has 9 nitrogen and oxygen atoms in total. The van der Waals surface area contributed by atoms with E-state index in [0.29, 0.717) is 6.42 Å². The largest absolute Gasteiger partial charge is 0.394 e. The van der Waals surface area contributed by atoms with Gasteiger partial charge in [0, 0.05) is 6.42 Å². The molecular formula is C44H79NO8. The van der Waals surface area contributed by atoms with Gasteiger partial charge in [-0.25, -0.2) is 0 Å². The monoisotopic (exact) mass is 750 g/mol. The number of rotatable bonds is 34. The Bertz CT molecular complexity index is 967. The van der Waals surface area contributed by atoms with E-state index in [1.165, 1.54) is 70.6 Å². The van der Waals surface area contributed by atoms with Crippen molar-refractivity contribution in [1.82, 2.24) is 5.32 Å². The molecule has 7 atom stereocenters. The standard InChI is InChI=1S/C44H79NO8/c1-3-5-7-9-11-13-15-17-19-21-23-25-27-29-31-33-38(47)37(36-52-44-43(51)42(50)41(49)39(35-46)53-44)45-40(48)34-32-30-28-26-24-22-20-18-16-14-12-10-8-6-4-2/h6,8,12,14,18,20,31,33,37-39,41-44,46-47,49-51H,3-5,7,9-11,13,15-17,19,21-30,32,34-36H2,1-2H3,(H,45,48)/b8-6-,14-12-,20-18-,33-31+. The van der Waals surface area contributed by atoms with Gasteiger partial charge in [-0.2, -0.15) is 0 Å². The van der Waals surface area contributed by atoms with Crippen LogP contribution in [0.1, 0.15) is 168 Å². The molecule has 1 heterocycles. The molecule has 0 saturated carbocycles. The van der Waals surface area contributed by atoms with Crippen LogP contribution in [0.4, 0.5) is 0 Å². The minimum Gasteiger partial charge on any atom is -0.394 e. The number of hydrogen-bond acceptors (Lipinski definition) is 8. The normalized spacial score (nSPS) is 22.1. The van der Waals surface area contributed by atoms with E-state index in [9.17, 15) is 30.3 Å². The molecule has 0 radical (unpaired) electrons. The van der Waals surface area contributed by atoms with Crippen LogP contribution < -0.4 is 5.32 Å². The predicted octanol–water partition coefficient (Wildman–Crippen LogP) is 8.28. The summed E-state index contributed by atoms with van der Waals surface area (Å²) >= 11 is 0. The SMILES string of the molecule is CC/C=C\C/C=C\C/C=C\CCCCCCCC(=O)NC(COC1OC(CO)C(O)C(O)C1O)C(O)/C=C/CCCCCCCCCCCCCCC.